The number of piperazine rings is 1. The first-order valence-electron chi connectivity index (χ1n) is 9.70. The van der Waals surface area contributed by atoms with Gasteiger partial charge in [-0.05, 0) is 25.0 Å². The minimum Gasteiger partial charge on any atom is -0.355 e. The first kappa shape index (κ1) is 20.9. The van der Waals surface area contributed by atoms with Crippen LogP contribution < -0.4 is 10.6 Å². The SMILES string of the molecule is CCCNC(=O)CN1CCN(C(=O)CCCNC(=O)c2ccccc2)CC1. The third kappa shape index (κ3) is 7.38. The molecule has 148 valence electrons. The number of rotatable bonds is 9. The molecule has 1 saturated heterocycles. The summed E-state index contributed by atoms with van der Waals surface area (Å²) >= 11 is 0. The van der Waals surface area contributed by atoms with Crippen LogP contribution in [-0.2, 0) is 9.59 Å². The molecule has 1 heterocycles. The molecule has 27 heavy (non-hydrogen) atoms. The van der Waals surface area contributed by atoms with Crippen LogP contribution in [0.2, 0.25) is 0 Å². The zero-order valence-corrected chi connectivity index (χ0v) is 16.1. The summed E-state index contributed by atoms with van der Waals surface area (Å²) in [5.74, 6) is 0.0443. The van der Waals surface area contributed by atoms with Crippen LogP contribution in [0.25, 0.3) is 0 Å². The van der Waals surface area contributed by atoms with Crippen molar-refractivity contribution in [2.45, 2.75) is 26.2 Å². The molecule has 2 rings (SSSR count). The lowest BCUT2D eigenvalue weighted by molar-refractivity contribution is -0.133. The van der Waals surface area contributed by atoms with Crippen molar-refractivity contribution in [2.75, 3.05) is 45.8 Å². The molecule has 1 aliphatic rings. The van der Waals surface area contributed by atoms with E-state index in [2.05, 4.69) is 15.5 Å². The Morgan fingerprint density at radius 3 is 2.33 bits per heavy atom. The number of hydrogen-bond donors (Lipinski definition) is 2. The normalized spacial score (nSPS) is 14.6. The first-order chi connectivity index (χ1) is 13.1. The van der Waals surface area contributed by atoms with E-state index in [0.717, 1.165) is 19.5 Å². The topological polar surface area (TPSA) is 81.8 Å². The molecular weight excluding hydrogens is 344 g/mol. The van der Waals surface area contributed by atoms with Gasteiger partial charge in [-0.1, -0.05) is 25.1 Å². The van der Waals surface area contributed by atoms with Crippen molar-refractivity contribution < 1.29 is 14.4 Å². The highest BCUT2D eigenvalue weighted by molar-refractivity contribution is 5.94. The second-order valence-electron chi connectivity index (χ2n) is 6.73. The molecule has 7 nitrogen and oxygen atoms in total. The van der Waals surface area contributed by atoms with Gasteiger partial charge in [-0.15, -0.1) is 0 Å². The summed E-state index contributed by atoms with van der Waals surface area (Å²) in [6, 6.07) is 9.05. The second-order valence-corrected chi connectivity index (χ2v) is 6.73. The molecule has 2 N–H and O–H groups in total. The Morgan fingerprint density at radius 2 is 1.67 bits per heavy atom. The smallest absolute Gasteiger partial charge is 0.251 e. The van der Waals surface area contributed by atoms with Crippen LogP contribution in [0.5, 0.6) is 0 Å². The van der Waals surface area contributed by atoms with E-state index in [-0.39, 0.29) is 17.7 Å². The van der Waals surface area contributed by atoms with Gasteiger partial charge in [-0.3, -0.25) is 19.3 Å². The highest BCUT2D eigenvalue weighted by Gasteiger charge is 2.21. The molecular formula is C20H30N4O3. The predicted molar refractivity (Wildman–Crippen MR) is 104 cm³/mol. The Hall–Kier alpha value is -2.41. The summed E-state index contributed by atoms with van der Waals surface area (Å²) in [4.78, 5) is 39.9. The van der Waals surface area contributed by atoms with Gasteiger partial charge in [-0.2, -0.15) is 0 Å². The van der Waals surface area contributed by atoms with E-state index in [1.807, 2.05) is 30.0 Å². The number of benzene rings is 1. The number of amides is 3. The summed E-state index contributed by atoms with van der Waals surface area (Å²) in [5.41, 5.74) is 0.628. The van der Waals surface area contributed by atoms with Gasteiger partial charge in [0, 0.05) is 51.3 Å². The number of nitrogens with one attached hydrogen (secondary N) is 2. The molecule has 0 bridgehead atoms. The van der Waals surface area contributed by atoms with Crippen LogP contribution in [-0.4, -0.2) is 73.3 Å². The monoisotopic (exact) mass is 374 g/mol. The van der Waals surface area contributed by atoms with Gasteiger partial charge in [-0.25, -0.2) is 0 Å². The van der Waals surface area contributed by atoms with Crippen molar-refractivity contribution in [3.63, 3.8) is 0 Å². The van der Waals surface area contributed by atoms with E-state index in [0.29, 0.717) is 51.1 Å². The Morgan fingerprint density at radius 1 is 0.963 bits per heavy atom. The van der Waals surface area contributed by atoms with E-state index in [1.54, 1.807) is 12.1 Å². The van der Waals surface area contributed by atoms with Crippen molar-refractivity contribution in [1.29, 1.82) is 0 Å². The summed E-state index contributed by atoms with van der Waals surface area (Å²) in [6.07, 6.45) is 1.98. The van der Waals surface area contributed by atoms with Crippen molar-refractivity contribution in [3.8, 4) is 0 Å². The second kappa shape index (κ2) is 11.3. The van der Waals surface area contributed by atoms with E-state index >= 15 is 0 Å². The zero-order valence-electron chi connectivity index (χ0n) is 16.1. The third-order valence-corrected chi connectivity index (χ3v) is 4.55. The number of nitrogens with zero attached hydrogens (tertiary/aromatic N) is 2. The van der Waals surface area contributed by atoms with Gasteiger partial charge >= 0.3 is 0 Å². The van der Waals surface area contributed by atoms with Crippen LogP contribution in [0.3, 0.4) is 0 Å². The zero-order chi connectivity index (χ0) is 19.5. The molecule has 3 amide bonds. The van der Waals surface area contributed by atoms with E-state index in [4.69, 9.17) is 0 Å². The summed E-state index contributed by atoms with van der Waals surface area (Å²) in [7, 11) is 0. The van der Waals surface area contributed by atoms with E-state index in [9.17, 15) is 14.4 Å². The number of carbonyl (C=O) groups is 3. The van der Waals surface area contributed by atoms with Gasteiger partial charge in [0.15, 0.2) is 0 Å². The van der Waals surface area contributed by atoms with Crippen LogP contribution in [0.15, 0.2) is 30.3 Å². The lowest BCUT2D eigenvalue weighted by Crippen LogP contribution is -2.51. The molecule has 0 aromatic heterocycles. The van der Waals surface area contributed by atoms with Gasteiger partial charge in [0.05, 0.1) is 6.54 Å². The number of hydrogen-bond acceptors (Lipinski definition) is 4. The van der Waals surface area contributed by atoms with E-state index < -0.39 is 0 Å². The molecule has 0 unspecified atom stereocenters. The fourth-order valence-electron chi connectivity index (χ4n) is 2.97. The molecule has 1 aromatic rings. The Kier molecular flexibility index (Phi) is 8.77. The lowest BCUT2D eigenvalue weighted by Gasteiger charge is -2.34. The molecule has 1 fully saturated rings. The van der Waals surface area contributed by atoms with Crippen molar-refractivity contribution >= 4 is 17.7 Å². The minimum absolute atomic E-state index is 0.0470. The predicted octanol–water partition coefficient (Wildman–Crippen LogP) is 0.867. The highest BCUT2D eigenvalue weighted by Crippen LogP contribution is 2.05. The maximum atomic E-state index is 12.3. The van der Waals surface area contributed by atoms with Crippen molar-refractivity contribution in [1.82, 2.24) is 20.4 Å². The molecule has 1 aliphatic heterocycles. The third-order valence-electron chi connectivity index (χ3n) is 4.55. The van der Waals surface area contributed by atoms with Gasteiger partial charge in [0.25, 0.3) is 5.91 Å². The lowest BCUT2D eigenvalue weighted by atomic mass is 10.2. The largest absolute Gasteiger partial charge is 0.355 e. The van der Waals surface area contributed by atoms with Gasteiger partial charge in [0.1, 0.15) is 0 Å². The van der Waals surface area contributed by atoms with Crippen LogP contribution in [0.1, 0.15) is 36.5 Å². The number of carbonyl (C=O) groups excluding carboxylic acids is 3. The fourth-order valence-corrected chi connectivity index (χ4v) is 2.97. The fraction of sp³-hybridized carbons (Fsp3) is 0.550. The summed E-state index contributed by atoms with van der Waals surface area (Å²) in [5, 5.41) is 5.71. The van der Waals surface area contributed by atoms with Gasteiger partial charge in [0.2, 0.25) is 11.8 Å². The average molecular weight is 374 g/mol. The first-order valence-corrected chi connectivity index (χ1v) is 9.70. The van der Waals surface area contributed by atoms with Crippen molar-refractivity contribution in [2.24, 2.45) is 0 Å². The molecule has 1 aromatic carbocycles. The summed E-state index contributed by atoms with van der Waals surface area (Å²) in [6.45, 7) is 6.35. The van der Waals surface area contributed by atoms with Crippen molar-refractivity contribution in [3.05, 3.63) is 35.9 Å². The molecule has 0 radical (unpaired) electrons. The van der Waals surface area contributed by atoms with Crippen LogP contribution in [0.4, 0.5) is 0 Å². The average Bonchev–Trinajstić information content (AvgIpc) is 2.70. The van der Waals surface area contributed by atoms with E-state index in [1.165, 1.54) is 0 Å². The molecule has 0 aliphatic carbocycles. The molecule has 0 saturated carbocycles. The quantitative estimate of drug-likeness (QED) is 0.629. The standard InChI is InChI=1S/C20H30N4O3/c1-2-10-21-18(25)16-23-12-14-24(15-13-23)19(26)9-6-11-22-20(27)17-7-4-3-5-8-17/h3-5,7-8H,2,6,9-16H2,1H3,(H,21,25)(H,22,27). The molecule has 0 spiro atoms. The summed E-state index contributed by atoms with van der Waals surface area (Å²) < 4.78 is 0. The van der Waals surface area contributed by atoms with Gasteiger partial charge < -0.3 is 15.5 Å². The maximum absolute atomic E-state index is 12.3. The molecule has 0 atom stereocenters. The maximum Gasteiger partial charge on any atom is 0.251 e. The van der Waals surface area contributed by atoms with Crippen LogP contribution in [0, 0.1) is 0 Å². The Labute approximate surface area is 161 Å². The Bertz CT molecular complexity index is 613. The minimum atomic E-state index is -0.113. The molecule has 7 heteroatoms. The Balaban J connectivity index is 1.59. The van der Waals surface area contributed by atoms with Crippen LogP contribution >= 0.6 is 0 Å². The highest BCUT2D eigenvalue weighted by atomic mass is 16.2.